The maximum atomic E-state index is 13.7. The molecule has 4 heterocycles. The van der Waals surface area contributed by atoms with Gasteiger partial charge in [0.15, 0.2) is 11.5 Å². The first kappa shape index (κ1) is 22.9. The van der Waals surface area contributed by atoms with E-state index in [-0.39, 0.29) is 23.8 Å². The van der Waals surface area contributed by atoms with Crippen molar-refractivity contribution in [3.05, 3.63) is 81.4 Å². The number of nitrogen functional groups attached to an aromatic ring is 1. The van der Waals surface area contributed by atoms with Crippen LogP contribution in [0.15, 0.2) is 45.6 Å². The van der Waals surface area contributed by atoms with Crippen molar-refractivity contribution in [1.29, 1.82) is 0 Å². The number of nitrogens with two attached hydrogens (primary N) is 1. The number of rotatable bonds is 5. The van der Waals surface area contributed by atoms with Crippen molar-refractivity contribution in [2.45, 2.75) is 27.3 Å². The highest BCUT2D eigenvalue weighted by Gasteiger charge is 2.23. The monoisotopic (exact) mass is 489 g/mol. The molecule has 182 valence electrons. The lowest BCUT2D eigenvalue weighted by molar-refractivity contribution is 0.0690. The van der Waals surface area contributed by atoms with Gasteiger partial charge in [0, 0.05) is 18.2 Å². The van der Waals surface area contributed by atoms with Crippen LogP contribution in [-0.4, -0.2) is 40.2 Å². The quantitative estimate of drug-likeness (QED) is 0.379. The Bertz CT molecular complexity index is 1720. The Morgan fingerprint density at radius 3 is 2.44 bits per heavy atom. The fourth-order valence-corrected chi connectivity index (χ4v) is 4.07. The Balaban J connectivity index is 1.84. The molecule has 0 unspecified atom stereocenters. The lowest BCUT2D eigenvalue weighted by Gasteiger charge is -2.13. The van der Waals surface area contributed by atoms with E-state index in [9.17, 15) is 19.1 Å². The largest absolute Gasteiger partial charge is 0.477 e. The van der Waals surface area contributed by atoms with Gasteiger partial charge in [-0.05, 0) is 55.8 Å². The molecule has 1 aromatic carbocycles. The van der Waals surface area contributed by atoms with Crippen LogP contribution in [0.1, 0.15) is 33.5 Å². The summed E-state index contributed by atoms with van der Waals surface area (Å²) < 4.78 is 21.4. The number of pyridine rings is 1. The Morgan fingerprint density at radius 1 is 1.08 bits per heavy atom. The van der Waals surface area contributed by atoms with Crippen LogP contribution in [0.3, 0.4) is 0 Å². The van der Waals surface area contributed by atoms with E-state index in [1.807, 2.05) is 0 Å². The van der Waals surface area contributed by atoms with Gasteiger partial charge in [0.05, 0.1) is 17.8 Å². The molecule has 0 saturated carbocycles. The number of aromatic carboxylic acids is 1. The van der Waals surface area contributed by atoms with Gasteiger partial charge >= 0.3 is 11.7 Å². The van der Waals surface area contributed by atoms with Crippen molar-refractivity contribution >= 4 is 17.6 Å². The van der Waals surface area contributed by atoms with Crippen LogP contribution in [0, 0.1) is 26.6 Å². The molecule has 0 fully saturated rings. The SMILES string of the molecule is Cc1cc(-c2c(-c3ccc(F)cc3)nc(N)n3c(=O)n(Cc4nc(C)oc4C)nc23)cc(C(=O)O)n1. The average Bonchev–Trinajstić information content (AvgIpc) is 3.31. The number of carboxylic acids is 1. The zero-order valence-corrected chi connectivity index (χ0v) is 19.5. The molecule has 0 aliphatic carbocycles. The lowest BCUT2D eigenvalue weighted by Crippen LogP contribution is -2.24. The van der Waals surface area contributed by atoms with Crippen molar-refractivity contribution < 1.29 is 18.7 Å². The topological polar surface area (TPSA) is 154 Å². The van der Waals surface area contributed by atoms with Gasteiger partial charge in [0.1, 0.15) is 23.0 Å². The summed E-state index contributed by atoms with van der Waals surface area (Å²) in [4.78, 5) is 37.8. The highest BCUT2D eigenvalue weighted by Crippen LogP contribution is 2.35. The number of fused-ring (bicyclic) bond motifs is 1. The Hall–Kier alpha value is -4.87. The van der Waals surface area contributed by atoms with E-state index in [1.165, 1.54) is 35.0 Å². The number of anilines is 1. The number of hydrogen-bond donors (Lipinski definition) is 2. The fraction of sp³-hybridized carbons (Fsp3) is 0.167. The lowest BCUT2D eigenvalue weighted by atomic mass is 9.99. The van der Waals surface area contributed by atoms with E-state index in [2.05, 4.69) is 20.1 Å². The molecule has 0 saturated heterocycles. The third-order valence-electron chi connectivity index (χ3n) is 5.63. The molecule has 11 nitrogen and oxygen atoms in total. The van der Waals surface area contributed by atoms with Gasteiger partial charge in [-0.25, -0.2) is 38.0 Å². The number of benzene rings is 1. The highest BCUT2D eigenvalue weighted by atomic mass is 19.1. The summed E-state index contributed by atoms with van der Waals surface area (Å²) in [5, 5.41) is 14.1. The van der Waals surface area contributed by atoms with Crippen molar-refractivity contribution in [3.8, 4) is 22.4 Å². The first-order valence-corrected chi connectivity index (χ1v) is 10.8. The zero-order valence-electron chi connectivity index (χ0n) is 19.5. The number of oxazole rings is 1. The van der Waals surface area contributed by atoms with Crippen LogP contribution in [0.5, 0.6) is 0 Å². The molecule has 0 bridgehead atoms. The molecule has 0 amide bonds. The Morgan fingerprint density at radius 2 is 1.81 bits per heavy atom. The molecule has 12 heteroatoms. The molecule has 0 radical (unpaired) electrons. The summed E-state index contributed by atoms with van der Waals surface area (Å²) in [6.45, 7) is 5.10. The van der Waals surface area contributed by atoms with Gasteiger partial charge in [0.25, 0.3) is 0 Å². The van der Waals surface area contributed by atoms with Gasteiger partial charge in [-0.3, -0.25) is 0 Å². The van der Waals surface area contributed by atoms with Gasteiger partial charge < -0.3 is 15.3 Å². The number of carbonyl (C=O) groups is 1. The van der Waals surface area contributed by atoms with E-state index in [4.69, 9.17) is 10.2 Å². The standard InChI is InChI=1S/C24H20FN7O4/c1-11-8-15(9-17(27-11)22(33)34)19-20(14-4-6-16(25)7-5-14)29-23(26)32-21(19)30-31(24(32)35)10-18-12(2)36-13(3)28-18/h4-9H,10H2,1-3H3,(H2,26,29)(H,33,34). The summed E-state index contributed by atoms with van der Waals surface area (Å²) in [5.74, 6) is -0.802. The van der Waals surface area contributed by atoms with Crippen molar-refractivity contribution in [1.82, 2.24) is 29.1 Å². The van der Waals surface area contributed by atoms with Crippen LogP contribution >= 0.6 is 0 Å². The fourth-order valence-electron chi connectivity index (χ4n) is 4.07. The van der Waals surface area contributed by atoms with E-state index in [0.717, 1.165) is 4.40 Å². The molecule has 5 aromatic rings. The smallest absolute Gasteiger partial charge is 0.354 e. The normalized spacial score (nSPS) is 11.3. The van der Waals surface area contributed by atoms with Crippen molar-refractivity contribution in [2.75, 3.05) is 5.73 Å². The second-order valence-corrected chi connectivity index (χ2v) is 8.22. The number of halogens is 1. The number of aryl methyl sites for hydroxylation is 3. The summed E-state index contributed by atoms with van der Waals surface area (Å²) in [5.41, 5.74) is 8.09. The van der Waals surface area contributed by atoms with Crippen LogP contribution in [0.2, 0.25) is 0 Å². The minimum atomic E-state index is -1.22. The van der Waals surface area contributed by atoms with E-state index >= 15 is 0 Å². The Labute approximate surface area is 202 Å². The maximum Gasteiger partial charge on any atom is 0.354 e. The highest BCUT2D eigenvalue weighted by molar-refractivity contribution is 5.93. The number of carboxylic acid groups (broad SMARTS) is 1. The Kier molecular flexibility index (Phi) is 5.35. The predicted molar refractivity (Wildman–Crippen MR) is 127 cm³/mol. The number of aromatic nitrogens is 6. The molecule has 5 rings (SSSR count). The molecule has 3 N–H and O–H groups in total. The third kappa shape index (κ3) is 3.87. The van der Waals surface area contributed by atoms with Gasteiger partial charge in [0.2, 0.25) is 5.95 Å². The van der Waals surface area contributed by atoms with Crippen LogP contribution in [0.25, 0.3) is 28.0 Å². The zero-order chi connectivity index (χ0) is 25.7. The molecule has 0 spiro atoms. The summed E-state index contributed by atoms with van der Waals surface area (Å²) in [6.07, 6.45) is 0. The second-order valence-electron chi connectivity index (χ2n) is 8.22. The number of hydrogen-bond acceptors (Lipinski definition) is 8. The van der Waals surface area contributed by atoms with E-state index in [1.54, 1.807) is 26.8 Å². The molecular weight excluding hydrogens is 469 g/mol. The summed E-state index contributed by atoms with van der Waals surface area (Å²) in [6, 6.07) is 8.58. The number of nitrogens with zero attached hydrogens (tertiary/aromatic N) is 6. The minimum Gasteiger partial charge on any atom is -0.477 e. The summed E-state index contributed by atoms with van der Waals surface area (Å²) >= 11 is 0. The first-order chi connectivity index (χ1) is 17.1. The van der Waals surface area contributed by atoms with Gasteiger partial charge in [-0.15, -0.1) is 5.10 Å². The first-order valence-electron chi connectivity index (χ1n) is 10.8. The van der Waals surface area contributed by atoms with Crippen LogP contribution in [0.4, 0.5) is 10.3 Å². The molecule has 0 aliphatic heterocycles. The van der Waals surface area contributed by atoms with Crippen LogP contribution < -0.4 is 11.4 Å². The van der Waals surface area contributed by atoms with Gasteiger partial charge in [-0.1, -0.05) is 0 Å². The van der Waals surface area contributed by atoms with E-state index in [0.29, 0.717) is 45.4 Å². The third-order valence-corrected chi connectivity index (χ3v) is 5.63. The average molecular weight is 489 g/mol. The van der Waals surface area contributed by atoms with Gasteiger partial charge in [-0.2, -0.15) is 0 Å². The predicted octanol–water partition coefficient (Wildman–Crippen LogP) is 3.00. The second kappa shape index (κ2) is 8.41. The minimum absolute atomic E-state index is 0.0181. The van der Waals surface area contributed by atoms with Crippen LogP contribution in [-0.2, 0) is 6.54 Å². The molecule has 36 heavy (non-hydrogen) atoms. The summed E-state index contributed by atoms with van der Waals surface area (Å²) in [7, 11) is 0. The van der Waals surface area contributed by atoms with Crippen molar-refractivity contribution in [2.24, 2.45) is 0 Å². The molecule has 4 aromatic heterocycles. The molecular formula is C24H20FN7O4. The molecule has 0 atom stereocenters. The molecule has 0 aliphatic rings. The maximum absolute atomic E-state index is 13.7. The van der Waals surface area contributed by atoms with E-state index < -0.39 is 17.5 Å². The van der Waals surface area contributed by atoms with Crippen molar-refractivity contribution in [3.63, 3.8) is 0 Å².